The second-order valence-corrected chi connectivity index (χ2v) is 6.04. The summed E-state index contributed by atoms with van der Waals surface area (Å²) in [7, 11) is 1.51. The van der Waals surface area contributed by atoms with Crippen molar-refractivity contribution in [3.8, 4) is 5.75 Å². The number of hydrogen-bond acceptors (Lipinski definition) is 3. The number of amides is 2. The molecule has 0 aliphatic carbocycles. The maximum Gasteiger partial charge on any atom is 0.251 e. The second kappa shape index (κ2) is 8.42. The van der Waals surface area contributed by atoms with Crippen LogP contribution in [-0.2, 0) is 4.79 Å². The Hall–Kier alpha value is -2.96. The highest BCUT2D eigenvalue weighted by molar-refractivity contribution is 6.01. The van der Waals surface area contributed by atoms with Crippen molar-refractivity contribution in [3.05, 3.63) is 59.7 Å². The van der Waals surface area contributed by atoms with Gasteiger partial charge in [-0.2, -0.15) is 0 Å². The largest absolute Gasteiger partial charge is 0.497 e. The summed E-state index contributed by atoms with van der Waals surface area (Å²) in [5, 5.41) is 4.94. The molecule has 1 unspecified atom stereocenters. The predicted molar refractivity (Wildman–Crippen MR) is 94.1 cm³/mol. The summed E-state index contributed by atoms with van der Waals surface area (Å²) in [6, 6.07) is 8.22. The van der Waals surface area contributed by atoms with Crippen molar-refractivity contribution < 1.29 is 23.1 Å². The summed E-state index contributed by atoms with van der Waals surface area (Å²) < 4.78 is 32.0. The van der Waals surface area contributed by atoms with Gasteiger partial charge in [0.05, 0.1) is 12.8 Å². The van der Waals surface area contributed by atoms with Crippen LogP contribution in [0.5, 0.6) is 5.75 Å². The van der Waals surface area contributed by atoms with Crippen molar-refractivity contribution in [2.24, 2.45) is 5.92 Å². The van der Waals surface area contributed by atoms with Gasteiger partial charge in [-0.05, 0) is 42.3 Å². The fraction of sp³-hybridized carbons (Fsp3) is 0.263. The quantitative estimate of drug-likeness (QED) is 0.828. The van der Waals surface area contributed by atoms with Crippen molar-refractivity contribution in [1.82, 2.24) is 5.32 Å². The first kappa shape index (κ1) is 19.4. The third-order valence-electron chi connectivity index (χ3n) is 3.77. The van der Waals surface area contributed by atoms with E-state index in [1.165, 1.54) is 7.11 Å². The number of benzene rings is 2. The average Bonchev–Trinajstić information content (AvgIpc) is 2.62. The molecule has 0 spiro atoms. The van der Waals surface area contributed by atoms with E-state index < -0.39 is 29.5 Å². The van der Waals surface area contributed by atoms with Crippen molar-refractivity contribution in [2.75, 3.05) is 12.4 Å². The lowest BCUT2D eigenvalue weighted by Gasteiger charge is -2.22. The summed E-state index contributed by atoms with van der Waals surface area (Å²) in [6.45, 7) is 3.47. The summed E-state index contributed by atoms with van der Waals surface area (Å²) in [6.07, 6.45) is 0. The molecule has 5 nitrogen and oxygen atoms in total. The number of hydrogen-bond donors (Lipinski definition) is 2. The lowest BCUT2D eigenvalue weighted by Crippen LogP contribution is -2.47. The van der Waals surface area contributed by atoms with Gasteiger partial charge in [0.15, 0.2) is 0 Å². The second-order valence-electron chi connectivity index (χ2n) is 6.04. The minimum absolute atomic E-state index is 0.270. The highest BCUT2D eigenvalue weighted by Crippen LogP contribution is 2.17. The fourth-order valence-corrected chi connectivity index (χ4v) is 2.31. The van der Waals surface area contributed by atoms with Crippen molar-refractivity contribution >= 4 is 17.5 Å². The van der Waals surface area contributed by atoms with Gasteiger partial charge in [0.1, 0.15) is 23.4 Å². The van der Waals surface area contributed by atoms with Crippen LogP contribution in [0.25, 0.3) is 0 Å². The van der Waals surface area contributed by atoms with Gasteiger partial charge < -0.3 is 15.4 Å². The molecule has 0 aromatic heterocycles. The predicted octanol–water partition coefficient (Wildman–Crippen LogP) is 3.37. The maximum absolute atomic E-state index is 13.7. The minimum atomic E-state index is -0.924. The monoisotopic (exact) mass is 362 g/mol. The van der Waals surface area contributed by atoms with E-state index in [4.69, 9.17) is 4.74 Å². The number of anilines is 1. The zero-order valence-electron chi connectivity index (χ0n) is 14.7. The molecule has 1 atom stereocenters. The fourth-order valence-electron chi connectivity index (χ4n) is 2.31. The zero-order chi connectivity index (χ0) is 19.3. The smallest absolute Gasteiger partial charge is 0.251 e. The normalized spacial score (nSPS) is 11.8. The third-order valence-corrected chi connectivity index (χ3v) is 3.77. The summed E-state index contributed by atoms with van der Waals surface area (Å²) in [5.74, 6) is -2.20. The Balaban J connectivity index is 2.13. The van der Waals surface area contributed by atoms with Crippen molar-refractivity contribution in [1.29, 1.82) is 0 Å². The Labute approximate surface area is 150 Å². The van der Waals surface area contributed by atoms with Crippen LogP contribution in [0, 0.1) is 17.6 Å². The van der Waals surface area contributed by atoms with Crippen LogP contribution in [0.3, 0.4) is 0 Å². The topological polar surface area (TPSA) is 67.4 Å². The standard InChI is InChI=1S/C19H20F2N2O3/c1-11(2)17(19(25)22-16-10-13(20)6-9-15(16)21)23-18(24)12-4-7-14(26-3)8-5-12/h4-11,17H,1-3H3,(H,22,25)(H,23,24). The molecule has 2 aromatic carbocycles. The Morgan fingerprint density at radius 2 is 1.69 bits per heavy atom. The Kier molecular flexibility index (Phi) is 6.27. The van der Waals surface area contributed by atoms with Gasteiger partial charge in [-0.1, -0.05) is 13.8 Å². The van der Waals surface area contributed by atoms with Gasteiger partial charge in [-0.3, -0.25) is 9.59 Å². The molecule has 0 aliphatic rings. The molecule has 0 saturated heterocycles. The summed E-state index contributed by atoms with van der Waals surface area (Å²) >= 11 is 0. The number of rotatable bonds is 6. The van der Waals surface area contributed by atoms with Gasteiger partial charge in [0.2, 0.25) is 5.91 Å². The van der Waals surface area contributed by atoms with Crippen LogP contribution < -0.4 is 15.4 Å². The Morgan fingerprint density at radius 1 is 1.04 bits per heavy atom. The van der Waals surface area contributed by atoms with Crippen LogP contribution >= 0.6 is 0 Å². The van der Waals surface area contributed by atoms with E-state index in [0.717, 1.165) is 18.2 Å². The first-order chi connectivity index (χ1) is 12.3. The van der Waals surface area contributed by atoms with E-state index in [0.29, 0.717) is 11.3 Å². The molecule has 2 amide bonds. The molecule has 26 heavy (non-hydrogen) atoms. The molecule has 2 aromatic rings. The van der Waals surface area contributed by atoms with Crippen LogP contribution in [0.4, 0.5) is 14.5 Å². The van der Waals surface area contributed by atoms with Gasteiger partial charge in [0, 0.05) is 11.6 Å². The minimum Gasteiger partial charge on any atom is -0.497 e. The van der Waals surface area contributed by atoms with Gasteiger partial charge >= 0.3 is 0 Å². The van der Waals surface area contributed by atoms with E-state index >= 15 is 0 Å². The number of ether oxygens (including phenoxy) is 1. The molecule has 2 N–H and O–H groups in total. The van der Waals surface area contributed by atoms with E-state index in [2.05, 4.69) is 10.6 Å². The number of carbonyl (C=O) groups excluding carboxylic acids is 2. The van der Waals surface area contributed by atoms with Gasteiger partial charge in [0.25, 0.3) is 5.91 Å². The van der Waals surface area contributed by atoms with Crippen molar-refractivity contribution in [3.63, 3.8) is 0 Å². The molecule has 2 rings (SSSR count). The number of methoxy groups -OCH3 is 1. The molecule has 0 heterocycles. The van der Waals surface area contributed by atoms with Crippen LogP contribution in [0.1, 0.15) is 24.2 Å². The van der Waals surface area contributed by atoms with Crippen molar-refractivity contribution in [2.45, 2.75) is 19.9 Å². The summed E-state index contributed by atoms with van der Waals surface area (Å²) in [4.78, 5) is 24.8. The first-order valence-electron chi connectivity index (χ1n) is 8.02. The number of nitrogens with one attached hydrogen (secondary N) is 2. The molecule has 0 saturated carbocycles. The lowest BCUT2D eigenvalue weighted by atomic mass is 10.0. The van der Waals surface area contributed by atoms with E-state index in [1.807, 2.05) is 0 Å². The third kappa shape index (κ3) is 4.78. The Morgan fingerprint density at radius 3 is 2.27 bits per heavy atom. The molecule has 0 aliphatic heterocycles. The molecule has 7 heteroatoms. The average molecular weight is 362 g/mol. The van der Waals surface area contributed by atoms with Crippen LogP contribution in [0.2, 0.25) is 0 Å². The van der Waals surface area contributed by atoms with Crippen LogP contribution in [-0.4, -0.2) is 25.0 Å². The SMILES string of the molecule is COc1ccc(C(=O)NC(C(=O)Nc2cc(F)ccc2F)C(C)C)cc1. The van der Waals surface area contributed by atoms with E-state index in [9.17, 15) is 18.4 Å². The van der Waals surface area contributed by atoms with Crippen LogP contribution in [0.15, 0.2) is 42.5 Å². The number of carbonyl (C=O) groups is 2. The molecular weight excluding hydrogens is 342 g/mol. The highest BCUT2D eigenvalue weighted by atomic mass is 19.1. The number of halogens is 2. The highest BCUT2D eigenvalue weighted by Gasteiger charge is 2.25. The van der Waals surface area contributed by atoms with E-state index in [-0.39, 0.29) is 11.6 Å². The summed E-state index contributed by atoms with van der Waals surface area (Å²) in [5.41, 5.74) is 0.0699. The molecule has 138 valence electrons. The molecule has 0 bridgehead atoms. The van der Waals surface area contributed by atoms with Gasteiger partial charge in [-0.25, -0.2) is 8.78 Å². The maximum atomic E-state index is 13.7. The zero-order valence-corrected chi connectivity index (χ0v) is 14.7. The molecular formula is C19H20F2N2O3. The Bertz CT molecular complexity index is 792. The first-order valence-corrected chi connectivity index (χ1v) is 8.02. The molecule has 0 fully saturated rings. The van der Waals surface area contributed by atoms with E-state index in [1.54, 1.807) is 38.1 Å². The van der Waals surface area contributed by atoms with Gasteiger partial charge in [-0.15, -0.1) is 0 Å². The molecule has 0 radical (unpaired) electrons. The lowest BCUT2D eigenvalue weighted by molar-refractivity contribution is -0.118.